The lowest BCUT2D eigenvalue weighted by molar-refractivity contribution is 0.0467. The molecule has 88 valence electrons. The lowest BCUT2D eigenvalue weighted by Crippen LogP contribution is -2.43. The fourth-order valence-electron chi connectivity index (χ4n) is 1.71. The summed E-state index contributed by atoms with van der Waals surface area (Å²) >= 11 is 0. The van der Waals surface area contributed by atoms with Gasteiger partial charge in [0.15, 0.2) is 0 Å². The molecule has 1 saturated heterocycles. The standard InChI is InChI=1S/C12H18N2O2/c13-10-3-1-4-12(7-10)16-9-11(15)8-14-5-2-6-14/h1,3-4,7,11,15H,2,5-6,8-9,13H2/t11-/m1/s1. The number of β-amino-alcohol motifs (C(OH)–C–C–N with tert-alkyl or cyclic N) is 1. The number of benzene rings is 1. The molecule has 2 rings (SSSR count). The molecule has 0 unspecified atom stereocenters. The summed E-state index contributed by atoms with van der Waals surface area (Å²) in [5.74, 6) is 0.711. The lowest BCUT2D eigenvalue weighted by Gasteiger charge is -2.32. The molecular formula is C12H18N2O2. The van der Waals surface area contributed by atoms with Gasteiger partial charge in [-0.1, -0.05) is 6.07 Å². The molecule has 0 bridgehead atoms. The molecule has 1 fully saturated rings. The van der Waals surface area contributed by atoms with E-state index in [0.717, 1.165) is 13.1 Å². The zero-order valence-corrected chi connectivity index (χ0v) is 9.30. The fourth-order valence-corrected chi connectivity index (χ4v) is 1.71. The summed E-state index contributed by atoms with van der Waals surface area (Å²) in [6.07, 6.45) is 0.810. The van der Waals surface area contributed by atoms with Gasteiger partial charge in [0.05, 0.1) is 0 Å². The first-order valence-electron chi connectivity index (χ1n) is 5.63. The van der Waals surface area contributed by atoms with E-state index in [0.29, 0.717) is 24.6 Å². The Morgan fingerprint density at radius 1 is 1.44 bits per heavy atom. The van der Waals surface area contributed by atoms with Gasteiger partial charge in [-0.3, -0.25) is 0 Å². The van der Waals surface area contributed by atoms with Crippen LogP contribution in [-0.2, 0) is 0 Å². The maximum Gasteiger partial charge on any atom is 0.121 e. The highest BCUT2D eigenvalue weighted by Crippen LogP contribution is 2.15. The molecule has 3 N–H and O–H groups in total. The van der Waals surface area contributed by atoms with E-state index in [4.69, 9.17) is 10.5 Å². The smallest absolute Gasteiger partial charge is 0.121 e. The van der Waals surface area contributed by atoms with E-state index in [1.807, 2.05) is 18.2 Å². The van der Waals surface area contributed by atoms with Gasteiger partial charge in [-0.2, -0.15) is 0 Å². The third-order valence-electron chi connectivity index (χ3n) is 2.72. The summed E-state index contributed by atoms with van der Waals surface area (Å²) in [5, 5.41) is 9.72. The predicted octanol–water partition coefficient (Wildman–Crippen LogP) is 0.714. The van der Waals surface area contributed by atoms with Gasteiger partial charge in [0.25, 0.3) is 0 Å². The number of nitrogens with two attached hydrogens (primary N) is 1. The number of ether oxygens (including phenoxy) is 1. The number of anilines is 1. The van der Waals surface area contributed by atoms with E-state index in [1.54, 1.807) is 6.07 Å². The molecule has 16 heavy (non-hydrogen) atoms. The van der Waals surface area contributed by atoms with Gasteiger partial charge < -0.3 is 20.5 Å². The van der Waals surface area contributed by atoms with Gasteiger partial charge in [0.2, 0.25) is 0 Å². The molecule has 4 heteroatoms. The van der Waals surface area contributed by atoms with Crippen LogP contribution in [0.5, 0.6) is 5.75 Å². The molecule has 0 saturated carbocycles. The lowest BCUT2D eigenvalue weighted by atomic mass is 10.2. The second kappa shape index (κ2) is 5.18. The van der Waals surface area contributed by atoms with Crippen molar-refractivity contribution in [3.05, 3.63) is 24.3 Å². The van der Waals surface area contributed by atoms with Crippen LogP contribution in [0.25, 0.3) is 0 Å². The van der Waals surface area contributed by atoms with Crippen molar-refractivity contribution in [3.63, 3.8) is 0 Å². The Balaban J connectivity index is 1.73. The summed E-state index contributed by atoms with van der Waals surface area (Å²) in [6, 6.07) is 7.25. The molecule has 1 heterocycles. The third-order valence-corrected chi connectivity index (χ3v) is 2.72. The minimum absolute atomic E-state index is 0.319. The van der Waals surface area contributed by atoms with Gasteiger partial charge in [-0.05, 0) is 31.6 Å². The number of nitrogen functional groups attached to an aromatic ring is 1. The highest BCUT2D eigenvalue weighted by atomic mass is 16.5. The second-order valence-corrected chi connectivity index (χ2v) is 4.19. The number of hydrogen-bond acceptors (Lipinski definition) is 4. The Kier molecular flexibility index (Phi) is 3.64. The van der Waals surface area contributed by atoms with E-state index in [1.165, 1.54) is 6.42 Å². The summed E-state index contributed by atoms with van der Waals surface area (Å²) in [5.41, 5.74) is 6.30. The molecule has 0 radical (unpaired) electrons. The van der Waals surface area contributed by atoms with Crippen LogP contribution in [-0.4, -0.2) is 42.4 Å². The highest BCUT2D eigenvalue weighted by Gasteiger charge is 2.17. The van der Waals surface area contributed by atoms with E-state index >= 15 is 0 Å². The van der Waals surface area contributed by atoms with E-state index in [-0.39, 0.29) is 0 Å². The Morgan fingerprint density at radius 3 is 2.88 bits per heavy atom. The monoisotopic (exact) mass is 222 g/mol. The van der Waals surface area contributed by atoms with Crippen LogP contribution in [0.2, 0.25) is 0 Å². The van der Waals surface area contributed by atoms with Crippen molar-refractivity contribution in [1.82, 2.24) is 4.90 Å². The Bertz CT molecular complexity index is 340. The maximum absolute atomic E-state index is 9.72. The minimum Gasteiger partial charge on any atom is -0.491 e. The molecule has 1 aromatic carbocycles. The number of rotatable bonds is 5. The van der Waals surface area contributed by atoms with E-state index in [2.05, 4.69) is 4.90 Å². The van der Waals surface area contributed by atoms with Crippen LogP contribution >= 0.6 is 0 Å². The van der Waals surface area contributed by atoms with Crippen LogP contribution in [0.1, 0.15) is 6.42 Å². The topological polar surface area (TPSA) is 58.7 Å². The number of nitrogens with zero attached hydrogens (tertiary/aromatic N) is 1. The minimum atomic E-state index is -0.429. The van der Waals surface area contributed by atoms with Crippen LogP contribution in [0.4, 0.5) is 5.69 Å². The van der Waals surface area contributed by atoms with Crippen molar-refractivity contribution >= 4 is 5.69 Å². The molecule has 4 nitrogen and oxygen atoms in total. The van der Waals surface area contributed by atoms with E-state index in [9.17, 15) is 5.11 Å². The van der Waals surface area contributed by atoms with Gasteiger partial charge >= 0.3 is 0 Å². The van der Waals surface area contributed by atoms with Crippen LogP contribution < -0.4 is 10.5 Å². The SMILES string of the molecule is Nc1cccc(OC[C@H](O)CN2CCC2)c1. The number of hydrogen-bond donors (Lipinski definition) is 2. The van der Waals surface area contributed by atoms with Gasteiger partial charge in [-0.25, -0.2) is 0 Å². The molecule has 0 aliphatic carbocycles. The van der Waals surface area contributed by atoms with Crippen molar-refractivity contribution in [2.75, 3.05) is 32.0 Å². The Labute approximate surface area is 95.6 Å². The van der Waals surface area contributed by atoms with Crippen LogP contribution in [0, 0.1) is 0 Å². The summed E-state index contributed by atoms with van der Waals surface area (Å²) < 4.78 is 5.46. The molecular weight excluding hydrogens is 204 g/mol. The molecule has 0 aromatic heterocycles. The first kappa shape index (κ1) is 11.2. The van der Waals surface area contributed by atoms with E-state index < -0.39 is 6.10 Å². The van der Waals surface area contributed by atoms with Crippen molar-refractivity contribution in [2.24, 2.45) is 0 Å². The first-order valence-corrected chi connectivity index (χ1v) is 5.63. The summed E-state index contributed by atoms with van der Waals surface area (Å²) in [7, 11) is 0. The van der Waals surface area contributed by atoms with Gasteiger partial charge in [0.1, 0.15) is 18.5 Å². The predicted molar refractivity (Wildman–Crippen MR) is 63.4 cm³/mol. The van der Waals surface area contributed by atoms with Crippen LogP contribution in [0.3, 0.4) is 0 Å². The zero-order chi connectivity index (χ0) is 11.4. The molecule has 1 aromatic rings. The largest absolute Gasteiger partial charge is 0.491 e. The third kappa shape index (κ3) is 3.12. The summed E-state index contributed by atoms with van der Waals surface area (Å²) in [4.78, 5) is 2.22. The molecule has 1 aliphatic heterocycles. The zero-order valence-electron chi connectivity index (χ0n) is 9.30. The average Bonchev–Trinajstić information content (AvgIpc) is 2.21. The van der Waals surface area contributed by atoms with Crippen LogP contribution in [0.15, 0.2) is 24.3 Å². The average molecular weight is 222 g/mol. The Morgan fingerprint density at radius 2 is 2.25 bits per heavy atom. The molecule has 1 atom stereocenters. The van der Waals surface area contributed by atoms with Crippen molar-refractivity contribution in [3.8, 4) is 5.75 Å². The van der Waals surface area contributed by atoms with Crippen molar-refractivity contribution in [2.45, 2.75) is 12.5 Å². The second-order valence-electron chi connectivity index (χ2n) is 4.19. The van der Waals surface area contributed by atoms with Gasteiger partial charge in [0, 0.05) is 18.3 Å². The molecule has 0 spiro atoms. The normalized spacial score (nSPS) is 17.8. The molecule has 0 amide bonds. The number of aliphatic hydroxyl groups excluding tert-OH is 1. The fraction of sp³-hybridized carbons (Fsp3) is 0.500. The van der Waals surface area contributed by atoms with Crippen molar-refractivity contribution < 1.29 is 9.84 Å². The van der Waals surface area contributed by atoms with Crippen molar-refractivity contribution in [1.29, 1.82) is 0 Å². The van der Waals surface area contributed by atoms with Gasteiger partial charge in [-0.15, -0.1) is 0 Å². The maximum atomic E-state index is 9.72. The number of aliphatic hydroxyl groups is 1. The highest BCUT2D eigenvalue weighted by molar-refractivity contribution is 5.43. The Hall–Kier alpha value is -1.26. The first-order chi connectivity index (χ1) is 7.74. The molecule has 1 aliphatic rings. The summed E-state index contributed by atoms with van der Waals surface area (Å²) in [6.45, 7) is 3.20. The number of likely N-dealkylation sites (tertiary alicyclic amines) is 1. The quantitative estimate of drug-likeness (QED) is 0.721.